The lowest BCUT2D eigenvalue weighted by Crippen LogP contribution is -2.14. The number of nitrogens with two attached hydrogens (primary N) is 1. The predicted octanol–water partition coefficient (Wildman–Crippen LogP) is 3.49. The summed E-state index contributed by atoms with van der Waals surface area (Å²) < 4.78 is 1.60. The van der Waals surface area contributed by atoms with Crippen LogP contribution >= 0.6 is 11.8 Å². The molecule has 0 spiro atoms. The number of hydrogen-bond donors (Lipinski definition) is 1. The van der Waals surface area contributed by atoms with E-state index in [4.69, 9.17) is 5.84 Å². The second-order valence-electron chi connectivity index (χ2n) is 5.71. The molecule has 0 fully saturated rings. The molecule has 3 aromatic rings. The Morgan fingerprint density at radius 1 is 0.870 bits per heavy atom. The number of thioether (sulfide) groups is 1. The van der Waals surface area contributed by atoms with Crippen molar-refractivity contribution in [3.63, 3.8) is 0 Å². The van der Waals surface area contributed by atoms with E-state index in [9.17, 15) is 0 Å². The molecule has 0 radical (unpaired) electrons. The summed E-state index contributed by atoms with van der Waals surface area (Å²) >= 11 is 1.60. The molecule has 0 aliphatic heterocycles. The molecule has 1 heterocycles. The lowest BCUT2D eigenvalue weighted by Gasteiger charge is -2.05. The highest BCUT2D eigenvalue weighted by Crippen LogP contribution is 2.21. The van der Waals surface area contributed by atoms with Crippen LogP contribution in [0, 0.1) is 13.8 Å². The molecule has 2 N–H and O–H groups in total. The number of nitrogen functional groups attached to an aromatic ring is 1. The Labute approximate surface area is 140 Å². The van der Waals surface area contributed by atoms with Crippen molar-refractivity contribution in [2.45, 2.75) is 31.2 Å². The molecule has 3 rings (SSSR count). The van der Waals surface area contributed by atoms with Gasteiger partial charge in [0.05, 0.1) is 0 Å². The van der Waals surface area contributed by atoms with E-state index in [1.54, 1.807) is 16.4 Å². The highest BCUT2D eigenvalue weighted by atomic mass is 32.2. The van der Waals surface area contributed by atoms with Crippen molar-refractivity contribution in [1.82, 2.24) is 14.9 Å². The van der Waals surface area contributed by atoms with E-state index in [0.29, 0.717) is 6.42 Å². The van der Waals surface area contributed by atoms with Gasteiger partial charge in [0.15, 0.2) is 5.82 Å². The first-order valence-electron chi connectivity index (χ1n) is 7.55. The van der Waals surface area contributed by atoms with E-state index in [2.05, 4.69) is 72.6 Å². The number of hydrogen-bond acceptors (Lipinski definition) is 4. The van der Waals surface area contributed by atoms with Crippen LogP contribution in [0.3, 0.4) is 0 Å². The van der Waals surface area contributed by atoms with Crippen molar-refractivity contribution in [1.29, 1.82) is 0 Å². The second kappa shape index (κ2) is 6.87. The van der Waals surface area contributed by atoms with E-state index in [1.165, 1.54) is 22.3 Å². The van der Waals surface area contributed by atoms with Gasteiger partial charge in [-0.1, -0.05) is 71.4 Å². The van der Waals surface area contributed by atoms with Crippen molar-refractivity contribution in [3.05, 3.63) is 76.6 Å². The van der Waals surface area contributed by atoms with Gasteiger partial charge in [0, 0.05) is 12.2 Å². The number of aromatic nitrogens is 3. The first kappa shape index (κ1) is 15.6. The molecule has 0 amide bonds. The zero-order valence-electron chi connectivity index (χ0n) is 13.4. The summed E-state index contributed by atoms with van der Waals surface area (Å²) in [6.45, 7) is 4.17. The topological polar surface area (TPSA) is 56.7 Å². The predicted molar refractivity (Wildman–Crippen MR) is 94.9 cm³/mol. The summed E-state index contributed by atoms with van der Waals surface area (Å²) in [4.78, 5) is 0. The summed E-state index contributed by atoms with van der Waals surface area (Å²) in [5, 5.41) is 9.18. The molecule has 1 aromatic heterocycles. The Morgan fingerprint density at radius 2 is 1.43 bits per heavy atom. The van der Waals surface area contributed by atoms with Crippen molar-refractivity contribution in [2.24, 2.45) is 0 Å². The van der Waals surface area contributed by atoms with Crippen LogP contribution in [0.4, 0.5) is 0 Å². The highest BCUT2D eigenvalue weighted by molar-refractivity contribution is 7.98. The first-order chi connectivity index (χ1) is 11.1. The molecule has 118 valence electrons. The largest absolute Gasteiger partial charge is 0.336 e. The summed E-state index contributed by atoms with van der Waals surface area (Å²) in [5.41, 5.74) is 4.95. The standard InChI is InChI=1S/C18H20N4S/c1-13-3-7-15(8-4-13)11-17-20-21-18(22(17)19)23-12-16-9-5-14(2)6-10-16/h3-10H,11-12,19H2,1-2H3. The van der Waals surface area contributed by atoms with Crippen LogP contribution in [-0.4, -0.2) is 14.9 Å². The quantitative estimate of drug-likeness (QED) is 0.576. The average Bonchev–Trinajstić information content (AvgIpc) is 2.90. The van der Waals surface area contributed by atoms with Crippen LogP contribution in [0.1, 0.15) is 28.1 Å². The monoisotopic (exact) mass is 324 g/mol. The van der Waals surface area contributed by atoms with Gasteiger partial charge < -0.3 is 5.84 Å². The molecule has 2 aromatic carbocycles. The van der Waals surface area contributed by atoms with E-state index in [1.807, 2.05) is 0 Å². The Morgan fingerprint density at radius 3 is 2.04 bits per heavy atom. The minimum absolute atomic E-state index is 0.689. The smallest absolute Gasteiger partial charge is 0.210 e. The van der Waals surface area contributed by atoms with Crippen LogP contribution in [0.5, 0.6) is 0 Å². The zero-order valence-corrected chi connectivity index (χ0v) is 14.2. The van der Waals surface area contributed by atoms with Crippen LogP contribution in [0.2, 0.25) is 0 Å². The summed E-state index contributed by atoms with van der Waals surface area (Å²) in [5.74, 6) is 7.75. The third kappa shape index (κ3) is 3.93. The van der Waals surface area contributed by atoms with Gasteiger partial charge in [0.2, 0.25) is 5.16 Å². The lowest BCUT2D eigenvalue weighted by molar-refractivity contribution is 0.805. The molecule has 4 nitrogen and oxygen atoms in total. The Balaban J connectivity index is 1.66. The SMILES string of the molecule is Cc1ccc(CSc2nnc(Cc3ccc(C)cc3)n2N)cc1. The second-order valence-corrected chi connectivity index (χ2v) is 6.65. The average molecular weight is 324 g/mol. The highest BCUT2D eigenvalue weighted by Gasteiger charge is 2.11. The third-order valence-corrected chi connectivity index (χ3v) is 4.72. The summed E-state index contributed by atoms with van der Waals surface area (Å²) in [7, 11) is 0. The minimum atomic E-state index is 0.689. The number of aryl methyl sites for hydroxylation is 2. The van der Waals surface area contributed by atoms with E-state index >= 15 is 0 Å². The molecule has 0 atom stereocenters. The number of rotatable bonds is 5. The molecular weight excluding hydrogens is 304 g/mol. The van der Waals surface area contributed by atoms with Crippen LogP contribution < -0.4 is 5.84 Å². The Hall–Kier alpha value is -2.27. The minimum Gasteiger partial charge on any atom is -0.336 e. The van der Waals surface area contributed by atoms with Crippen molar-refractivity contribution < 1.29 is 0 Å². The van der Waals surface area contributed by atoms with E-state index in [-0.39, 0.29) is 0 Å². The lowest BCUT2D eigenvalue weighted by atomic mass is 10.1. The molecule has 23 heavy (non-hydrogen) atoms. The molecule has 0 saturated carbocycles. The van der Waals surface area contributed by atoms with Gasteiger partial charge in [-0.25, -0.2) is 4.68 Å². The zero-order chi connectivity index (χ0) is 16.2. The molecule has 0 saturated heterocycles. The van der Waals surface area contributed by atoms with Crippen molar-refractivity contribution in [2.75, 3.05) is 5.84 Å². The molecular formula is C18H20N4S. The Bertz CT molecular complexity index is 776. The van der Waals surface area contributed by atoms with Crippen molar-refractivity contribution >= 4 is 11.8 Å². The molecule has 0 unspecified atom stereocenters. The van der Waals surface area contributed by atoms with E-state index < -0.39 is 0 Å². The summed E-state index contributed by atoms with van der Waals surface area (Å²) in [6.07, 6.45) is 0.689. The fraction of sp³-hybridized carbons (Fsp3) is 0.222. The maximum absolute atomic E-state index is 6.14. The van der Waals surface area contributed by atoms with Gasteiger partial charge in [-0.15, -0.1) is 10.2 Å². The normalized spacial score (nSPS) is 10.9. The van der Waals surface area contributed by atoms with Gasteiger partial charge >= 0.3 is 0 Å². The fourth-order valence-electron chi connectivity index (χ4n) is 2.25. The maximum Gasteiger partial charge on any atom is 0.210 e. The van der Waals surface area contributed by atoms with Gasteiger partial charge in [0.25, 0.3) is 0 Å². The fourth-order valence-corrected chi connectivity index (χ4v) is 3.08. The number of nitrogens with zero attached hydrogens (tertiary/aromatic N) is 3. The molecule has 0 bridgehead atoms. The van der Waals surface area contributed by atoms with Gasteiger partial charge in [0.1, 0.15) is 0 Å². The van der Waals surface area contributed by atoms with Crippen LogP contribution in [-0.2, 0) is 12.2 Å². The summed E-state index contributed by atoms with van der Waals surface area (Å²) in [6, 6.07) is 16.9. The van der Waals surface area contributed by atoms with E-state index in [0.717, 1.165) is 16.7 Å². The molecule has 0 aliphatic carbocycles. The third-order valence-electron chi connectivity index (χ3n) is 3.71. The van der Waals surface area contributed by atoms with Gasteiger partial charge in [-0.2, -0.15) is 0 Å². The van der Waals surface area contributed by atoms with Gasteiger partial charge in [-0.3, -0.25) is 0 Å². The first-order valence-corrected chi connectivity index (χ1v) is 8.53. The number of benzene rings is 2. The molecule has 0 aliphatic rings. The molecule has 5 heteroatoms. The maximum atomic E-state index is 6.14. The van der Waals surface area contributed by atoms with Crippen LogP contribution in [0.15, 0.2) is 53.7 Å². The van der Waals surface area contributed by atoms with Crippen molar-refractivity contribution in [3.8, 4) is 0 Å². The van der Waals surface area contributed by atoms with Crippen LogP contribution in [0.25, 0.3) is 0 Å². The van der Waals surface area contributed by atoms with Gasteiger partial charge in [-0.05, 0) is 25.0 Å². The Kier molecular flexibility index (Phi) is 4.67.